The predicted molar refractivity (Wildman–Crippen MR) is 119 cm³/mol. The van der Waals surface area contributed by atoms with Crippen molar-refractivity contribution in [3.8, 4) is 0 Å². The zero-order chi connectivity index (χ0) is 20.4. The second-order valence-electron chi connectivity index (χ2n) is 6.31. The van der Waals surface area contributed by atoms with Gasteiger partial charge in [-0.3, -0.25) is 10.3 Å². The molecule has 1 aromatic carbocycles. The first kappa shape index (κ1) is 20.2. The lowest BCUT2D eigenvalue weighted by Gasteiger charge is -2.14. The van der Waals surface area contributed by atoms with Gasteiger partial charge in [0.15, 0.2) is 4.34 Å². The number of anilines is 2. The van der Waals surface area contributed by atoms with Gasteiger partial charge in [-0.2, -0.15) is 0 Å². The van der Waals surface area contributed by atoms with E-state index in [1.54, 1.807) is 30.5 Å². The Labute approximate surface area is 185 Å². The number of alkyl halides is 1. The first-order valence-electron chi connectivity index (χ1n) is 8.65. The van der Waals surface area contributed by atoms with E-state index >= 15 is 0 Å². The maximum absolute atomic E-state index is 12.1. The van der Waals surface area contributed by atoms with E-state index in [4.69, 9.17) is 23.2 Å². The summed E-state index contributed by atoms with van der Waals surface area (Å²) in [5, 5.41) is 16.5. The summed E-state index contributed by atoms with van der Waals surface area (Å²) in [6.07, 6.45) is 5.85. The van der Waals surface area contributed by atoms with Crippen LogP contribution < -0.4 is 21.2 Å². The highest BCUT2D eigenvalue weighted by Gasteiger charge is 2.16. The van der Waals surface area contributed by atoms with E-state index in [0.29, 0.717) is 20.2 Å². The van der Waals surface area contributed by atoms with Crippen LogP contribution >= 0.6 is 46.3 Å². The van der Waals surface area contributed by atoms with Crippen LogP contribution in [0.5, 0.6) is 0 Å². The van der Waals surface area contributed by atoms with E-state index < -0.39 is 6.03 Å². The van der Waals surface area contributed by atoms with Crippen molar-refractivity contribution < 1.29 is 4.79 Å². The quantitative estimate of drug-likeness (QED) is 0.447. The van der Waals surface area contributed by atoms with Crippen LogP contribution in [-0.2, 0) is 0 Å². The minimum atomic E-state index is -0.397. The van der Waals surface area contributed by atoms with E-state index in [0.717, 1.165) is 15.5 Å². The number of rotatable bonds is 4. The molecule has 3 aromatic rings. The SMILES string of the molecule is CC1C=c2c(Sc3nnc(NC(=O)Nc4ccc(Cl)cc4)s3)ccnc2=CC1Cl. The topological polar surface area (TPSA) is 79.8 Å². The number of carbonyl (C=O) groups is 1. The van der Waals surface area contributed by atoms with Gasteiger partial charge in [-0.05, 0) is 42.3 Å². The molecule has 2 amide bonds. The lowest BCUT2D eigenvalue weighted by atomic mass is 10.0. The van der Waals surface area contributed by atoms with Crippen molar-refractivity contribution in [3.05, 3.63) is 52.1 Å². The molecule has 2 atom stereocenters. The number of hydrogen-bond donors (Lipinski definition) is 2. The molecule has 0 saturated carbocycles. The third-order valence-electron chi connectivity index (χ3n) is 4.16. The van der Waals surface area contributed by atoms with E-state index in [2.05, 4.69) is 38.8 Å². The summed E-state index contributed by atoms with van der Waals surface area (Å²) in [4.78, 5) is 17.6. The Morgan fingerprint density at radius 1 is 1.14 bits per heavy atom. The standard InChI is InChI=1S/C19H15Cl2N5OS2/c1-10-8-13-15(9-14(10)21)22-7-6-16(13)28-19-26-25-18(29-19)24-17(27)23-12-4-2-11(20)3-5-12/h2-10,14H,1H3,(H2,23,24,25,27). The highest BCUT2D eigenvalue weighted by atomic mass is 35.5. The maximum atomic E-state index is 12.1. The average molecular weight is 464 g/mol. The third-order valence-corrected chi connectivity index (χ3v) is 6.90. The summed E-state index contributed by atoms with van der Waals surface area (Å²) in [6, 6.07) is 8.39. The van der Waals surface area contributed by atoms with Crippen molar-refractivity contribution >= 4 is 75.3 Å². The molecule has 0 radical (unpaired) electrons. The van der Waals surface area contributed by atoms with E-state index in [1.807, 2.05) is 12.1 Å². The Morgan fingerprint density at radius 2 is 1.93 bits per heavy atom. The molecule has 6 nitrogen and oxygen atoms in total. The summed E-state index contributed by atoms with van der Waals surface area (Å²) in [5.41, 5.74) is 0.632. The first-order valence-corrected chi connectivity index (χ1v) is 11.1. The van der Waals surface area contributed by atoms with Gasteiger partial charge >= 0.3 is 6.03 Å². The van der Waals surface area contributed by atoms with Crippen molar-refractivity contribution in [3.63, 3.8) is 0 Å². The van der Waals surface area contributed by atoms with Crippen molar-refractivity contribution in [1.82, 2.24) is 15.2 Å². The Kier molecular flexibility index (Phi) is 6.05. The largest absolute Gasteiger partial charge is 0.325 e. The van der Waals surface area contributed by atoms with Crippen LogP contribution in [0.4, 0.5) is 15.6 Å². The summed E-state index contributed by atoms with van der Waals surface area (Å²) < 4.78 is 0.717. The smallest absolute Gasteiger partial charge is 0.308 e. The molecular weight excluding hydrogens is 449 g/mol. The molecule has 29 heavy (non-hydrogen) atoms. The molecule has 0 aliphatic heterocycles. The highest BCUT2D eigenvalue weighted by Crippen LogP contribution is 2.30. The summed E-state index contributed by atoms with van der Waals surface area (Å²) in [6.45, 7) is 2.07. The lowest BCUT2D eigenvalue weighted by molar-refractivity contribution is 0.262. The van der Waals surface area contributed by atoms with Gasteiger partial charge in [-0.1, -0.05) is 47.7 Å². The van der Waals surface area contributed by atoms with Crippen LogP contribution in [-0.4, -0.2) is 26.6 Å². The molecule has 0 fully saturated rings. The van der Waals surface area contributed by atoms with Crippen molar-refractivity contribution in [2.75, 3.05) is 10.6 Å². The minimum Gasteiger partial charge on any atom is -0.308 e. The number of urea groups is 1. The maximum Gasteiger partial charge on any atom is 0.325 e. The number of hydrogen-bond acceptors (Lipinski definition) is 6. The predicted octanol–water partition coefficient (Wildman–Crippen LogP) is 4.20. The molecule has 148 valence electrons. The van der Waals surface area contributed by atoms with Gasteiger partial charge < -0.3 is 5.32 Å². The fourth-order valence-corrected chi connectivity index (χ4v) is 4.85. The fourth-order valence-electron chi connectivity index (χ4n) is 2.71. The first-order chi connectivity index (χ1) is 14.0. The highest BCUT2D eigenvalue weighted by molar-refractivity contribution is 8.01. The molecular formula is C19H15Cl2N5OS2. The second-order valence-corrected chi connectivity index (χ2v) is 9.51. The summed E-state index contributed by atoms with van der Waals surface area (Å²) in [5.74, 6) is 0.218. The molecule has 2 heterocycles. The van der Waals surface area contributed by atoms with Gasteiger partial charge in [0.2, 0.25) is 5.13 Å². The van der Waals surface area contributed by atoms with Gasteiger partial charge in [0.1, 0.15) is 0 Å². The molecule has 0 spiro atoms. The number of halogens is 2. The van der Waals surface area contributed by atoms with Gasteiger partial charge in [0.05, 0.1) is 10.7 Å². The molecule has 1 aliphatic carbocycles. The van der Waals surface area contributed by atoms with E-state index in [1.165, 1.54) is 23.1 Å². The van der Waals surface area contributed by atoms with Gasteiger partial charge in [-0.15, -0.1) is 21.8 Å². The van der Waals surface area contributed by atoms with Crippen LogP contribution in [0.15, 0.2) is 45.8 Å². The Morgan fingerprint density at radius 3 is 2.72 bits per heavy atom. The number of carbonyl (C=O) groups excluding carboxylic acids is 1. The Bertz CT molecular complexity index is 1170. The number of benzene rings is 1. The number of amides is 2. The molecule has 1 aliphatic rings. The zero-order valence-electron chi connectivity index (χ0n) is 15.1. The average Bonchev–Trinajstić information content (AvgIpc) is 3.12. The normalized spacial score (nSPS) is 17.6. The van der Waals surface area contributed by atoms with Gasteiger partial charge in [0.25, 0.3) is 0 Å². The number of nitrogens with zero attached hydrogens (tertiary/aromatic N) is 3. The molecule has 2 aromatic heterocycles. The molecule has 0 bridgehead atoms. The van der Waals surface area contributed by atoms with Crippen molar-refractivity contribution in [2.24, 2.45) is 5.92 Å². The minimum absolute atomic E-state index is 0.0632. The number of nitrogens with one attached hydrogen (secondary N) is 2. The second kappa shape index (κ2) is 8.71. The molecule has 2 unspecified atom stereocenters. The fraction of sp³-hybridized carbons (Fsp3) is 0.158. The lowest BCUT2D eigenvalue weighted by Crippen LogP contribution is -2.36. The summed E-state index contributed by atoms with van der Waals surface area (Å²) in [7, 11) is 0. The molecule has 4 rings (SSSR count). The number of pyridine rings is 1. The van der Waals surface area contributed by atoms with Crippen molar-refractivity contribution in [1.29, 1.82) is 0 Å². The van der Waals surface area contributed by atoms with Gasteiger partial charge in [-0.25, -0.2) is 4.79 Å². The van der Waals surface area contributed by atoms with Crippen LogP contribution in [0.25, 0.3) is 12.2 Å². The van der Waals surface area contributed by atoms with Crippen LogP contribution in [0.2, 0.25) is 5.02 Å². The Hall–Kier alpha value is -2.13. The van der Waals surface area contributed by atoms with E-state index in [-0.39, 0.29) is 11.3 Å². The summed E-state index contributed by atoms with van der Waals surface area (Å²) >= 11 is 14.9. The van der Waals surface area contributed by atoms with Crippen LogP contribution in [0.1, 0.15) is 6.92 Å². The molecule has 10 heteroatoms. The number of fused-ring (bicyclic) bond motifs is 1. The van der Waals surface area contributed by atoms with Crippen molar-refractivity contribution in [2.45, 2.75) is 21.5 Å². The van der Waals surface area contributed by atoms with Crippen LogP contribution in [0, 0.1) is 5.92 Å². The van der Waals surface area contributed by atoms with E-state index in [9.17, 15) is 4.79 Å². The monoisotopic (exact) mass is 463 g/mol. The zero-order valence-corrected chi connectivity index (χ0v) is 18.2. The Balaban J connectivity index is 1.46. The molecule has 0 saturated heterocycles. The number of aromatic nitrogens is 3. The van der Waals surface area contributed by atoms with Gasteiger partial charge in [0, 0.05) is 27.0 Å². The third kappa shape index (κ3) is 4.90. The molecule has 2 N–H and O–H groups in total. The van der Waals surface area contributed by atoms with Crippen LogP contribution in [0.3, 0.4) is 0 Å².